The number of halogens is 4. The number of anilines is 2. The molecule has 2 heterocycles. The second-order valence-electron chi connectivity index (χ2n) is 6.79. The molecule has 0 saturated carbocycles. The number of rotatable bonds is 6. The Morgan fingerprint density at radius 3 is 2.50 bits per heavy atom. The summed E-state index contributed by atoms with van der Waals surface area (Å²) in [6, 6.07) is 5.53. The number of nitrogens with one attached hydrogen (secondary N) is 2. The fourth-order valence-electron chi connectivity index (χ4n) is 2.65. The average Bonchev–Trinajstić information content (AvgIpc) is 3.21. The predicted octanol–water partition coefficient (Wildman–Crippen LogP) is 4.41. The van der Waals surface area contributed by atoms with E-state index in [1.807, 2.05) is 0 Å². The summed E-state index contributed by atoms with van der Waals surface area (Å²) in [5.74, 6) is -0.0254. The van der Waals surface area contributed by atoms with Crippen LogP contribution in [-0.2, 0) is 11.0 Å². The molecule has 3 aromatic rings. The molecule has 11 heteroatoms. The molecule has 2 aromatic heterocycles. The zero-order valence-electron chi connectivity index (χ0n) is 16.0. The topological polar surface area (TPSA) is 84.7 Å². The lowest BCUT2D eigenvalue weighted by atomic mass is 10.0. The summed E-state index contributed by atoms with van der Waals surface area (Å²) in [5, 5.41) is 9.51. The van der Waals surface area contributed by atoms with E-state index in [4.69, 9.17) is 11.6 Å². The summed E-state index contributed by atoms with van der Waals surface area (Å²) >= 11 is 6.00. The van der Waals surface area contributed by atoms with Crippen LogP contribution in [0.15, 0.2) is 49.2 Å². The molecule has 1 unspecified atom stereocenters. The zero-order chi connectivity index (χ0) is 21.9. The van der Waals surface area contributed by atoms with Crippen LogP contribution >= 0.6 is 11.6 Å². The van der Waals surface area contributed by atoms with Crippen molar-refractivity contribution < 1.29 is 18.0 Å². The molecular formula is C19H18ClF3N6O. The number of hydrogen-bond donors (Lipinski definition) is 2. The fourth-order valence-corrected chi connectivity index (χ4v) is 2.89. The Balaban J connectivity index is 1.72. The van der Waals surface area contributed by atoms with Crippen LogP contribution in [0.5, 0.6) is 0 Å². The van der Waals surface area contributed by atoms with E-state index in [-0.39, 0.29) is 22.5 Å². The Kier molecular flexibility index (Phi) is 6.25. The number of benzene rings is 1. The van der Waals surface area contributed by atoms with Crippen molar-refractivity contribution in [2.24, 2.45) is 5.92 Å². The number of pyridine rings is 1. The first kappa shape index (κ1) is 21.6. The van der Waals surface area contributed by atoms with Gasteiger partial charge in [-0.2, -0.15) is 18.3 Å². The highest BCUT2D eigenvalue weighted by molar-refractivity contribution is 6.33. The van der Waals surface area contributed by atoms with Crippen LogP contribution in [0.25, 0.3) is 5.82 Å². The van der Waals surface area contributed by atoms with Crippen LogP contribution in [0.3, 0.4) is 0 Å². The molecule has 158 valence electrons. The van der Waals surface area contributed by atoms with Crippen LogP contribution in [0, 0.1) is 5.92 Å². The van der Waals surface area contributed by atoms with Crippen LogP contribution in [0.4, 0.5) is 24.5 Å². The van der Waals surface area contributed by atoms with Crippen molar-refractivity contribution in [2.45, 2.75) is 26.1 Å². The highest BCUT2D eigenvalue weighted by Gasteiger charge is 2.31. The third kappa shape index (κ3) is 5.07. The molecule has 3 rings (SSSR count). The fraction of sp³-hybridized carbons (Fsp3) is 0.263. The van der Waals surface area contributed by atoms with Gasteiger partial charge in [0.25, 0.3) is 0 Å². The summed E-state index contributed by atoms with van der Waals surface area (Å²) in [6.45, 7) is 3.61. The maximum absolute atomic E-state index is 12.8. The van der Waals surface area contributed by atoms with E-state index in [0.29, 0.717) is 11.5 Å². The Hall–Kier alpha value is -3.14. The molecule has 0 saturated heterocycles. The monoisotopic (exact) mass is 438 g/mol. The smallest absolute Gasteiger partial charge is 0.372 e. The number of nitrogens with zero attached hydrogens (tertiary/aromatic N) is 4. The van der Waals surface area contributed by atoms with E-state index < -0.39 is 17.8 Å². The summed E-state index contributed by atoms with van der Waals surface area (Å²) < 4.78 is 39.9. The molecule has 1 aromatic carbocycles. The van der Waals surface area contributed by atoms with Gasteiger partial charge in [0, 0.05) is 0 Å². The number of alkyl halides is 3. The quantitative estimate of drug-likeness (QED) is 0.595. The van der Waals surface area contributed by atoms with E-state index >= 15 is 0 Å². The molecule has 1 atom stereocenters. The molecule has 7 nitrogen and oxygen atoms in total. The summed E-state index contributed by atoms with van der Waals surface area (Å²) in [4.78, 5) is 20.8. The van der Waals surface area contributed by atoms with Crippen molar-refractivity contribution in [3.8, 4) is 5.82 Å². The van der Waals surface area contributed by atoms with Crippen molar-refractivity contribution in [3.63, 3.8) is 0 Å². The molecule has 1 amide bonds. The van der Waals surface area contributed by atoms with E-state index in [9.17, 15) is 18.0 Å². The second-order valence-corrected chi connectivity index (χ2v) is 7.20. The molecular weight excluding hydrogens is 421 g/mol. The number of carbonyl (C=O) groups excluding carboxylic acids is 1. The van der Waals surface area contributed by atoms with E-state index in [1.54, 1.807) is 26.0 Å². The highest BCUT2D eigenvalue weighted by atomic mass is 35.5. The first-order valence-corrected chi connectivity index (χ1v) is 9.28. The van der Waals surface area contributed by atoms with Gasteiger partial charge >= 0.3 is 6.18 Å². The van der Waals surface area contributed by atoms with Crippen LogP contribution < -0.4 is 10.6 Å². The Morgan fingerprint density at radius 1 is 1.20 bits per heavy atom. The van der Waals surface area contributed by atoms with E-state index in [1.165, 1.54) is 29.6 Å². The molecule has 0 aliphatic carbocycles. The van der Waals surface area contributed by atoms with Crippen LogP contribution in [0.2, 0.25) is 5.02 Å². The van der Waals surface area contributed by atoms with Crippen molar-refractivity contribution in [1.82, 2.24) is 19.7 Å². The van der Waals surface area contributed by atoms with Gasteiger partial charge in [0.1, 0.15) is 18.7 Å². The second kappa shape index (κ2) is 8.70. The molecule has 0 fully saturated rings. The minimum Gasteiger partial charge on any atom is -0.372 e. The summed E-state index contributed by atoms with van der Waals surface area (Å²) in [6.07, 6.45) is -0.157. The SMILES string of the molecule is CC(C)C(Nc1ccc(C(F)(F)F)cc1Cl)C(=O)Nc1ccc(-n2cncn2)nc1. The molecule has 0 radical (unpaired) electrons. The highest BCUT2D eigenvalue weighted by Crippen LogP contribution is 2.34. The van der Waals surface area contributed by atoms with Crippen molar-refractivity contribution in [1.29, 1.82) is 0 Å². The number of aromatic nitrogens is 4. The van der Waals surface area contributed by atoms with E-state index in [0.717, 1.165) is 12.1 Å². The number of hydrogen-bond acceptors (Lipinski definition) is 5. The third-order valence-electron chi connectivity index (χ3n) is 4.23. The molecule has 30 heavy (non-hydrogen) atoms. The van der Waals surface area contributed by atoms with Gasteiger partial charge in [-0.05, 0) is 36.2 Å². The molecule has 2 N–H and O–H groups in total. The Bertz CT molecular complexity index is 1010. The lowest BCUT2D eigenvalue weighted by molar-refractivity contribution is -0.137. The van der Waals surface area contributed by atoms with Gasteiger partial charge in [-0.1, -0.05) is 25.4 Å². The van der Waals surface area contributed by atoms with Crippen molar-refractivity contribution in [3.05, 3.63) is 59.8 Å². The van der Waals surface area contributed by atoms with Gasteiger partial charge < -0.3 is 10.6 Å². The zero-order valence-corrected chi connectivity index (χ0v) is 16.7. The van der Waals surface area contributed by atoms with Gasteiger partial charge in [0.05, 0.1) is 28.2 Å². The minimum absolute atomic E-state index is 0.123. The van der Waals surface area contributed by atoms with Gasteiger partial charge in [-0.3, -0.25) is 4.79 Å². The standard InChI is InChI=1S/C19H18ClF3N6O/c1-11(2)17(28-15-5-3-12(7-14(15)20)19(21,22)23)18(30)27-13-4-6-16(25-8-13)29-10-24-9-26-29/h3-11,17,28H,1-2H3,(H,27,30). The maximum Gasteiger partial charge on any atom is 0.416 e. The van der Waals surface area contributed by atoms with Gasteiger partial charge in [-0.15, -0.1) is 0 Å². The average molecular weight is 439 g/mol. The molecule has 0 spiro atoms. The summed E-state index contributed by atoms with van der Waals surface area (Å²) in [5.41, 5.74) is -0.171. The maximum atomic E-state index is 12.8. The van der Waals surface area contributed by atoms with Gasteiger partial charge in [0.15, 0.2) is 5.82 Å². The number of carbonyl (C=O) groups is 1. The lowest BCUT2D eigenvalue weighted by Crippen LogP contribution is -2.39. The van der Waals surface area contributed by atoms with Crippen LogP contribution in [-0.4, -0.2) is 31.7 Å². The molecule has 0 bridgehead atoms. The van der Waals surface area contributed by atoms with Crippen molar-refractivity contribution >= 4 is 28.9 Å². The van der Waals surface area contributed by atoms with Gasteiger partial charge in [-0.25, -0.2) is 14.6 Å². The molecule has 0 aliphatic heterocycles. The molecule has 0 aliphatic rings. The van der Waals surface area contributed by atoms with Crippen molar-refractivity contribution in [2.75, 3.05) is 10.6 Å². The van der Waals surface area contributed by atoms with E-state index in [2.05, 4.69) is 25.7 Å². The summed E-state index contributed by atoms with van der Waals surface area (Å²) in [7, 11) is 0. The largest absolute Gasteiger partial charge is 0.416 e. The predicted molar refractivity (Wildman–Crippen MR) is 106 cm³/mol. The Morgan fingerprint density at radius 2 is 1.97 bits per heavy atom. The van der Waals surface area contributed by atoms with Crippen LogP contribution in [0.1, 0.15) is 19.4 Å². The lowest BCUT2D eigenvalue weighted by Gasteiger charge is -2.23. The number of amides is 1. The minimum atomic E-state index is -4.50. The third-order valence-corrected chi connectivity index (χ3v) is 4.54. The van der Waals surface area contributed by atoms with Gasteiger partial charge in [0.2, 0.25) is 5.91 Å². The first-order valence-electron chi connectivity index (χ1n) is 8.90. The Labute approximate surface area is 175 Å². The normalized spacial score (nSPS) is 12.6. The first-order chi connectivity index (χ1) is 14.1.